The molecule has 7 heteroatoms. The lowest BCUT2D eigenvalue weighted by Crippen LogP contribution is -2.13. The van der Waals surface area contributed by atoms with E-state index in [0.717, 1.165) is 23.4 Å². The number of aromatic carboxylic acids is 1. The summed E-state index contributed by atoms with van der Waals surface area (Å²) < 4.78 is 13.1. The molecule has 0 aliphatic heterocycles. The Labute approximate surface area is 184 Å². The molecule has 1 atom stereocenters. The number of aryl methyl sites for hydroxylation is 1. The molecule has 160 valence electrons. The van der Waals surface area contributed by atoms with E-state index in [1.54, 1.807) is 16.8 Å². The van der Waals surface area contributed by atoms with Gasteiger partial charge in [0.25, 0.3) is 0 Å². The van der Waals surface area contributed by atoms with Crippen LogP contribution in [0.3, 0.4) is 0 Å². The number of carboxylic acid groups (broad SMARTS) is 1. The molecule has 4 aromatic rings. The first-order valence-electron chi connectivity index (χ1n) is 10.3. The van der Waals surface area contributed by atoms with Crippen molar-refractivity contribution < 1.29 is 19.1 Å². The second-order valence-electron chi connectivity index (χ2n) is 7.63. The summed E-state index contributed by atoms with van der Waals surface area (Å²) in [5, 5.41) is 14.9. The molecule has 0 saturated carbocycles. The monoisotopic (exact) mass is 427 g/mol. The van der Waals surface area contributed by atoms with Crippen LogP contribution in [0, 0.1) is 6.92 Å². The fraction of sp³-hybridized carbons (Fsp3) is 0.160. The van der Waals surface area contributed by atoms with Crippen molar-refractivity contribution in [1.29, 1.82) is 0 Å². The molecule has 3 heterocycles. The normalized spacial score (nSPS) is 15.3. The summed E-state index contributed by atoms with van der Waals surface area (Å²) in [6.45, 7) is 2.35. The lowest BCUT2D eigenvalue weighted by Gasteiger charge is -2.16. The second kappa shape index (κ2) is 8.19. The third-order valence-electron chi connectivity index (χ3n) is 5.45. The number of allylic oxidation sites excluding steroid dienone is 2. The molecule has 0 spiro atoms. The molecular formula is C25H21N3O4. The number of nitrogens with zero attached hydrogens (tertiary/aromatic N) is 3. The highest BCUT2D eigenvalue weighted by molar-refractivity contribution is 6.03. The van der Waals surface area contributed by atoms with E-state index in [4.69, 9.17) is 9.15 Å². The smallest absolute Gasteiger partial charge is 0.336 e. The zero-order chi connectivity index (χ0) is 22.1. The number of aromatic nitrogens is 3. The minimum absolute atomic E-state index is 0.0494. The van der Waals surface area contributed by atoms with Crippen LogP contribution in [-0.2, 0) is 6.54 Å². The molecule has 0 saturated heterocycles. The minimum Gasteiger partial charge on any atom is -0.486 e. The van der Waals surface area contributed by atoms with Crippen LogP contribution in [0.15, 0.2) is 77.4 Å². The van der Waals surface area contributed by atoms with Gasteiger partial charge in [-0.05, 0) is 48.9 Å². The first kappa shape index (κ1) is 19.8. The van der Waals surface area contributed by atoms with Crippen LogP contribution >= 0.6 is 0 Å². The molecule has 1 unspecified atom stereocenters. The molecule has 0 fully saturated rings. The molecule has 1 N–H and O–H groups in total. The van der Waals surface area contributed by atoms with E-state index in [0.29, 0.717) is 29.0 Å². The Balaban J connectivity index is 1.43. The number of furan rings is 1. The van der Waals surface area contributed by atoms with E-state index in [2.05, 4.69) is 16.2 Å². The zero-order valence-corrected chi connectivity index (χ0v) is 17.4. The maximum atomic E-state index is 11.9. The van der Waals surface area contributed by atoms with Gasteiger partial charge in [-0.15, -0.1) is 0 Å². The fourth-order valence-electron chi connectivity index (χ4n) is 3.82. The summed E-state index contributed by atoms with van der Waals surface area (Å²) >= 11 is 0. The summed E-state index contributed by atoms with van der Waals surface area (Å²) in [6, 6.07) is 12.9. The molecule has 32 heavy (non-hydrogen) atoms. The average molecular weight is 427 g/mol. The van der Waals surface area contributed by atoms with Crippen molar-refractivity contribution in [3.8, 4) is 17.2 Å². The number of hydrogen-bond donors (Lipinski definition) is 1. The number of ether oxygens (including phenoxy) is 1. The van der Waals surface area contributed by atoms with Gasteiger partial charge >= 0.3 is 5.97 Å². The molecule has 7 nitrogen and oxygen atoms in total. The van der Waals surface area contributed by atoms with Gasteiger partial charge in [-0.2, -0.15) is 5.10 Å². The van der Waals surface area contributed by atoms with Gasteiger partial charge in [0.15, 0.2) is 11.4 Å². The molecule has 0 bridgehead atoms. The van der Waals surface area contributed by atoms with Crippen LogP contribution in [0.5, 0.6) is 5.75 Å². The molecule has 5 rings (SSSR count). The molecule has 1 aliphatic rings. The van der Waals surface area contributed by atoms with Crippen molar-refractivity contribution in [2.75, 3.05) is 0 Å². The average Bonchev–Trinajstić information content (AvgIpc) is 3.44. The standard InChI is InChI=1S/C25H21N3O4/c1-16-23-20(25(29)30)14-21(22-8-5-13-31-22)26-24(23)27-28(16)15-17-9-11-19(12-10-17)32-18-6-3-2-4-7-18/h2-6,8-14,18H,7,15H2,1H3,(H,29,30). The highest BCUT2D eigenvalue weighted by atomic mass is 16.5. The van der Waals surface area contributed by atoms with Crippen molar-refractivity contribution in [2.24, 2.45) is 0 Å². The van der Waals surface area contributed by atoms with Crippen LogP contribution in [-0.4, -0.2) is 31.9 Å². The summed E-state index contributed by atoms with van der Waals surface area (Å²) in [6.07, 6.45) is 10.6. The predicted molar refractivity (Wildman–Crippen MR) is 120 cm³/mol. The lowest BCUT2D eigenvalue weighted by atomic mass is 10.1. The predicted octanol–water partition coefficient (Wildman–Crippen LogP) is 5.01. The van der Waals surface area contributed by atoms with E-state index in [-0.39, 0.29) is 11.7 Å². The van der Waals surface area contributed by atoms with Crippen LogP contribution < -0.4 is 4.74 Å². The number of hydrogen-bond acceptors (Lipinski definition) is 5. The van der Waals surface area contributed by atoms with Gasteiger partial charge in [0, 0.05) is 12.1 Å². The van der Waals surface area contributed by atoms with Gasteiger partial charge in [0.05, 0.1) is 23.8 Å². The van der Waals surface area contributed by atoms with Gasteiger partial charge < -0.3 is 14.3 Å². The van der Waals surface area contributed by atoms with Gasteiger partial charge in [-0.25, -0.2) is 9.78 Å². The van der Waals surface area contributed by atoms with Crippen LogP contribution in [0.4, 0.5) is 0 Å². The zero-order valence-electron chi connectivity index (χ0n) is 17.4. The number of pyridine rings is 1. The minimum atomic E-state index is -1.03. The maximum absolute atomic E-state index is 11.9. The molecule has 3 aromatic heterocycles. The second-order valence-corrected chi connectivity index (χ2v) is 7.63. The van der Waals surface area contributed by atoms with Crippen LogP contribution in [0.2, 0.25) is 0 Å². The summed E-state index contributed by atoms with van der Waals surface area (Å²) in [5.41, 5.74) is 2.75. The van der Waals surface area contributed by atoms with E-state index >= 15 is 0 Å². The Bertz CT molecular complexity index is 1330. The third-order valence-corrected chi connectivity index (χ3v) is 5.45. The lowest BCUT2D eigenvalue weighted by molar-refractivity contribution is 0.0699. The number of rotatable bonds is 6. The summed E-state index contributed by atoms with van der Waals surface area (Å²) in [4.78, 5) is 16.5. The van der Waals surface area contributed by atoms with E-state index in [1.165, 1.54) is 12.3 Å². The fourth-order valence-corrected chi connectivity index (χ4v) is 3.82. The molecule has 0 amide bonds. The highest BCUT2D eigenvalue weighted by Crippen LogP contribution is 2.28. The van der Waals surface area contributed by atoms with Crippen LogP contribution in [0.1, 0.15) is 28.0 Å². The van der Waals surface area contributed by atoms with Gasteiger partial charge in [-0.3, -0.25) is 4.68 Å². The molecule has 0 radical (unpaired) electrons. The Morgan fingerprint density at radius 1 is 1.25 bits per heavy atom. The van der Waals surface area contributed by atoms with Crippen molar-refractivity contribution in [3.05, 3.63) is 89.9 Å². The summed E-state index contributed by atoms with van der Waals surface area (Å²) in [7, 11) is 0. The largest absolute Gasteiger partial charge is 0.486 e. The molecule has 1 aromatic carbocycles. The maximum Gasteiger partial charge on any atom is 0.336 e. The Kier molecular flexibility index (Phi) is 5.07. The highest BCUT2D eigenvalue weighted by Gasteiger charge is 2.20. The van der Waals surface area contributed by atoms with E-state index < -0.39 is 5.97 Å². The van der Waals surface area contributed by atoms with Crippen molar-refractivity contribution in [3.63, 3.8) is 0 Å². The van der Waals surface area contributed by atoms with Crippen molar-refractivity contribution in [2.45, 2.75) is 26.0 Å². The van der Waals surface area contributed by atoms with Crippen LogP contribution in [0.25, 0.3) is 22.5 Å². The van der Waals surface area contributed by atoms with Crippen molar-refractivity contribution in [1.82, 2.24) is 14.8 Å². The number of fused-ring (bicyclic) bond motifs is 1. The summed E-state index contributed by atoms with van der Waals surface area (Å²) in [5.74, 6) is 0.278. The van der Waals surface area contributed by atoms with E-state index in [9.17, 15) is 9.90 Å². The number of carboxylic acids is 1. The molecule has 1 aliphatic carbocycles. The quantitative estimate of drug-likeness (QED) is 0.465. The van der Waals surface area contributed by atoms with E-state index in [1.807, 2.05) is 49.4 Å². The SMILES string of the molecule is Cc1c2c(C(=O)O)cc(-c3ccco3)nc2nn1Cc1ccc(OC2C=CC=CC2)cc1. The molecular weight excluding hydrogens is 406 g/mol. The van der Waals surface area contributed by atoms with Gasteiger partial charge in [0.2, 0.25) is 0 Å². The number of carbonyl (C=O) groups is 1. The third kappa shape index (κ3) is 3.80. The number of benzene rings is 1. The Morgan fingerprint density at radius 3 is 2.78 bits per heavy atom. The first-order valence-corrected chi connectivity index (χ1v) is 10.3. The Hall–Kier alpha value is -4.13. The van der Waals surface area contributed by atoms with Gasteiger partial charge in [-0.1, -0.05) is 30.4 Å². The topological polar surface area (TPSA) is 90.4 Å². The Morgan fingerprint density at radius 2 is 2.09 bits per heavy atom. The first-order chi connectivity index (χ1) is 15.6. The van der Waals surface area contributed by atoms with Gasteiger partial charge in [0.1, 0.15) is 17.5 Å². The van der Waals surface area contributed by atoms with Crippen molar-refractivity contribution >= 4 is 17.0 Å².